The van der Waals surface area contributed by atoms with E-state index in [1.54, 1.807) is 0 Å². The molecular formula is C13H25N3O2. The summed E-state index contributed by atoms with van der Waals surface area (Å²) in [6.07, 6.45) is 2.18. The third-order valence-corrected chi connectivity index (χ3v) is 3.06. The molecule has 18 heavy (non-hydrogen) atoms. The number of carbonyl (C=O) groups is 2. The number of rotatable bonds is 6. The Hall–Kier alpha value is -1.10. The average Bonchev–Trinajstić information content (AvgIpc) is 2.86. The highest BCUT2D eigenvalue weighted by Crippen LogP contribution is 2.08. The average molecular weight is 255 g/mol. The third-order valence-electron chi connectivity index (χ3n) is 3.06. The van der Waals surface area contributed by atoms with Crippen molar-refractivity contribution in [3.63, 3.8) is 0 Å². The molecule has 104 valence electrons. The van der Waals surface area contributed by atoms with Crippen LogP contribution in [0.2, 0.25) is 0 Å². The molecule has 5 nitrogen and oxygen atoms in total. The molecular weight excluding hydrogens is 230 g/mol. The molecule has 1 atom stereocenters. The lowest BCUT2D eigenvalue weighted by molar-refractivity contribution is -0.132. The van der Waals surface area contributed by atoms with Crippen LogP contribution in [0.1, 0.15) is 33.6 Å². The van der Waals surface area contributed by atoms with E-state index in [9.17, 15) is 9.59 Å². The van der Waals surface area contributed by atoms with Crippen molar-refractivity contribution in [2.45, 2.75) is 39.7 Å². The Morgan fingerprint density at radius 2 is 1.78 bits per heavy atom. The second-order valence-corrected chi connectivity index (χ2v) is 5.33. The largest absolute Gasteiger partial charge is 0.355 e. The van der Waals surface area contributed by atoms with Crippen LogP contribution in [0.15, 0.2) is 0 Å². The molecule has 1 heterocycles. The minimum absolute atomic E-state index is 0.0511. The number of nitrogens with zero attached hydrogens (tertiary/aromatic N) is 1. The van der Waals surface area contributed by atoms with Crippen LogP contribution in [-0.4, -0.2) is 48.9 Å². The highest BCUT2D eigenvalue weighted by Gasteiger charge is 2.23. The minimum Gasteiger partial charge on any atom is -0.355 e. The molecule has 0 spiro atoms. The van der Waals surface area contributed by atoms with Crippen LogP contribution in [0, 0.1) is 5.92 Å². The van der Waals surface area contributed by atoms with E-state index < -0.39 is 0 Å². The summed E-state index contributed by atoms with van der Waals surface area (Å²) < 4.78 is 0. The first-order valence-corrected chi connectivity index (χ1v) is 6.79. The summed E-state index contributed by atoms with van der Waals surface area (Å²) in [7, 11) is 0. The van der Waals surface area contributed by atoms with Crippen LogP contribution in [0.5, 0.6) is 0 Å². The molecule has 2 amide bonds. The molecule has 5 heteroatoms. The number of hydrogen-bond donors (Lipinski definition) is 2. The van der Waals surface area contributed by atoms with Gasteiger partial charge in [-0.1, -0.05) is 13.8 Å². The number of hydrogen-bond acceptors (Lipinski definition) is 3. The predicted octanol–water partition coefficient (Wildman–Crippen LogP) is 0.359. The van der Waals surface area contributed by atoms with Gasteiger partial charge in [0.1, 0.15) is 0 Å². The second kappa shape index (κ2) is 7.36. The maximum absolute atomic E-state index is 12.0. The lowest BCUT2D eigenvalue weighted by Gasteiger charge is -2.21. The first kappa shape index (κ1) is 15.0. The molecule has 0 aromatic carbocycles. The van der Waals surface area contributed by atoms with Gasteiger partial charge < -0.3 is 10.2 Å². The number of likely N-dealkylation sites (tertiary alicyclic amines) is 1. The van der Waals surface area contributed by atoms with Crippen LogP contribution >= 0.6 is 0 Å². The summed E-state index contributed by atoms with van der Waals surface area (Å²) in [6.45, 7) is 8.49. The molecule has 0 radical (unpaired) electrons. The zero-order valence-corrected chi connectivity index (χ0v) is 11.7. The first-order chi connectivity index (χ1) is 8.50. The van der Waals surface area contributed by atoms with E-state index in [1.165, 1.54) is 0 Å². The topological polar surface area (TPSA) is 61.4 Å². The molecule has 0 saturated carbocycles. The third kappa shape index (κ3) is 5.04. The maximum atomic E-state index is 12.0. The van der Waals surface area contributed by atoms with E-state index >= 15 is 0 Å². The Kier molecular flexibility index (Phi) is 6.12. The van der Waals surface area contributed by atoms with Crippen molar-refractivity contribution >= 4 is 11.8 Å². The maximum Gasteiger partial charge on any atom is 0.239 e. The number of carbonyl (C=O) groups excluding carboxylic acids is 2. The van der Waals surface area contributed by atoms with Gasteiger partial charge in [0.05, 0.1) is 12.6 Å². The van der Waals surface area contributed by atoms with Gasteiger partial charge in [0.2, 0.25) is 11.8 Å². The van der Waals surface area contributed by atoms with Crippen molar-refractivity contribution < 1.29 is 9.59 Å². The Morgan fingerprint density at radius 3 is 2.33 bits per heavy atom. The van der Waals surface area contributed by atoms with E-state index in [1.807, 2.05) is 25.7 Å². The van der Waals surface area contributed by atoms with Crippen LogP contribution < -0.4 is 10.6 Å². The molecule has 0 aromatic rings. The van der Waals surface area contributed by atoms with E-state index in [4.69, 9.17) is 0 Å². The summed E-state index contributed by atoms with van der Waals surface area (Å²) in [4.78, 5) is 25.3. The highest BCUT2D eigenvalue weighted by molar-refractivity contribution is 5.83. The van der Waals surface area contributed by atoms with Crippen LogP contribution in [0.3, 0.4) is 0 Å². The van der Waals surface area contributed by atoms with Gasteiger partial charge in [-0.05, 0) is 25.7 Å². The molecule has 0 aliphatic carbocycles. The monoisotopic (exact) mass is 255 g/mol. The van der Waals surface area contributed by atoms with Gasteiger partial charge in [0.15, 0.2) is 0 Å². The van der Waals surface area contributed by atoms with E-state index in [2.05, 4.69) is 10.6 Å². The fourth-order valence-electron chi connectivity index (χ4n) is 1.92. The smallest absolute Gasteiger partial charge is 0.239 e. The standard InChI is InChI=1S/C13H25N3O2/c1-10(2)8-15-12(17)9-14-11(3)13(18)16-6-4-5-7-16/h10-11,14H,4-9H2,1-3H3,(H,15,17). The molecule has 1 rings (SSSR count). The molecule has 2 N–H and O–H groups in total. The van der Waals surface area contributed by atoms with Crippen LogP contribution in [0.25, 0.3) is 0 Å². The zero-order chi connectivity index (χ0) is 13.5. The molecule has 0 aromatic heterocycles. The van der Waals surface area contributed by atoms with Crippen molar-refractivity contribution in [1.82, 2.24) is 15.5 Å². The summed E-state index contributed by atoms with van der Waals surface area (Å²) >= 11 is 0. The molecule has 1 fully saturated rings. The van der Waals surface area contributed by atoms with Crippen molar-refractivity contribution in [3.8, 4) is 0 Å². The van der Waals surface area contributed by atoms with Crippen molar-refractivity contribution in [1.29, 1.82) is 0 Å². The van der Waals surface area contributed by atoms with Gasteiger partial charge >= 0.3 is 0 Å². The lowest BCUT2D eigenvalue weighted by atomic mass is 10.2. The second-order valence-electron chi connectivity index (χ2n) is 5.33. The predicted molar refractivity (Wildman–Crippen MR) is 71.1 cm³/mol. The van der Waals surface area contributed by atoms with E-state index in [0.717, 1.165) is 25.9 Å². The summed E-state index contributed by atoms with van der Waals surface area (Å²) in [5.74, 6) is 0.492. The van der Waals surface area contributed by atoms with E-state index in [-0.39, 0.29) is 24.4 Å². The molecule has 0 bridgehead atoms. The summed E-state index contributed by atoms with van der Waals surface area (Å²) in [5.41, 5.74) is 0. The Labute approximate surface area is 109 Å². The van der Waals surface area contributed by atoms with Gasteiger partial charge in [-0.2, -0.15) is 0 Å². The number of amides is 2. The van der Waals surface area contributed by atoms with Gasteiger partial charge in [0.25, 0.3) is 0 Å². The van der Waals surface area contributed by atoms with Crippen LogP contribution in [0.4, 0.5) is 0 Å². The fraction of sp³-hybridized carbons (Fsp3) is 0.846. The highest BCUT2D eigenvalue weighted by atomic mass is 16.2. The normalized spacial score (nSPS) is 17.0. The molecule has 1 aliphatic rings. The molecule has 1 saturated heterocycles. The fourth-order valence-corrected chi connectivity index (χ4v) is 1.92. The zero-order valence-electron chi connectivity index (χ0n) is 11.7. The SMILES string of the molecule is CC(C)CNC(=O)CNC(C)C(=O)N1CCCC1. The van der Waals surface area contributed by atoms with Gasteiger partial charge in [0, 0.05) is 19.6 Å². The quantitative estimate of drug-likeness (QED) is 0.720. The molecule has 1 unspecified atom stereocenters. The van der Waals surface area contributed by atoms with Crippen molar-refractivity contribution in [2.24, 2.45) is 5.92 Å². The van der Waals surface area contributed by atoms with Gasteiger partial charge in [-0.3, -0.25) is 14.9 Å². The minimum atomic E-state index is -0.284. The first-order valence-electron chi connectivity index (χ1n) is 6.79. The summed E-state index contributed by atoms with van der Waals surface area (Å²) in [6, 6.07) is -0.284. The van der Waals surface area contributed by atoms with Crippen LogP contribution in [-0.2, 0) is 9.59 Å². The van der Waals surface area contributed by atoms with Crippen molar-refractivity contribution in [2.75, 3.05) is 26.2 Å². The van der Waals surface area contributed by atoms with E-state index in [0.29, 0.717) is 12.5 Å². The Bertz CT molecular complexity index is 286. The molecule has 1 aliphatic heterocycles. The Morgan fingerprint density at radius 1 is 1.17 bits per heavy atom. The lowest BCUT2D eigenvalue weighted by Crippen LogP contribution is -2.47. The summed E-state index contributed by atoms with van der Waals surface area (Å²) in [5, 5.41) is 5.80. The van der Waals surface area contributed by atoms with Gasteiger partial charge in [-0.25, -0.2) is 0 Å². The van der Waals surface area contributed by atoms with Gasteiger partial charge in [-0.15, -0.1) is 0 Å². The Balaban J connectivity index is 2.21. The van der Waals surface area contributed by atoms with Crippen molar-refractivity contribution in [3.05, 3.63) is 0 Å². The number of nitrogens with one attached hydrogen (secondary N) is 2.